The van der Waals surface area contributed by atoms with Crippen LogP contribution in [0.3, 0.4) is 0 Å². The van der Waals surface area contributed by atoms with Crippen LogP contribution in [-0.4, -0.2) is 29.7 Å². The van der Waals surface area contributed by atoms with Gasteiger partial charge in [-0.05, 0) is 38.9 Å². The van der Waals surface area contributed by atoms with Crippen molar-refractivity contribution in [3.8, 4) is 0 Å². The molecule has 27 heavy (non-hydrogen) atoms. The summed E-state index contributed by atoms with van der Waals surface area (Å²) in [5, 5.41) is 14.2. The largest absolute Gasteiger partial charge is 0.465 e. The number of nitrogens with one attached hydrogen (secondary N) is 2. The number of rotatable bonds is 6. The standard InChI is InChI=1S/C19H22BrClN2O3S/c1-19(2,3)13-14(20)16(21)27-15(13)17(24)23-12(10-22-18(25)26)9-11-7-5-4-6-8-11/h4-8,12,22H,9-10H2,1-3H3,(H,23,24)(H,25,26). The number of hydrogen-bond acceptors (Lipinski definition) is 3. The summed E-state index contributed by atoms with van der Waals surface area (Å²) < 4.78 is 1.25. The molecule has 2 amide bonds. The first-order valence-electron chi connectivity index (χ1n) is 8.39. The highest BCUT2D eigenvalue weighted by molar-refractivity contribution is 9.10. The maximum absolute atomic E-state index is 13.0. The second-order valence-corrected chi connectivity index (χ2v) is 9.61. The summed E-state index contributed by atoms with van der Waals surface area (Å²) in [6.45, 7) is 6.15. The van der Waals surface area contributed by atoms with Crippen molar-refractivity contribution in [1.82, 2.24) is 10.6 Å². The van der Waals surface area contributed by atoms with Gasteiger partial charge in [0.1, 0.15) is 4.34 Å². The van der Waals surface area contributed by atoms with Gasteiger partial charge in [-0.1, -0.05) is 62.7 Å². The van der Waals surface area contributed by atoms with E-state index in [0.717, 1.165) is 15.6 Å². The normalized spacial score (nSPS) is 12.5. The van der Waals surface area contributed by atoms with Crippen molar-refractivity contribution in [1.29, 1.82) is 0 Å². The molecule has 0 aliphatic heterocycles. The Hall–Kier alpha value is -1.57. The Morgan fingerprint density at radius 2 is 1.89 bits per heavy atom. The van der Waals surface area contributed by atoms with Crippen LogP contribution >= 0.6 is 38.9 Å². The van der Waals surface area contributed by atoms with Gasteiger partial charge in [0.15, 0.2) is 0 Å². The van der Waals surface area contributed by atoms with Crippen molar-refractivity contribution in [2.45, 2.75) is 38.6 Å². The fourth-order valence-electron chi connectivity index (χ4n) is 2.75. The zero-order valence-corrected chi connectivity index (χ0v) is 18.5. The predicted molar refractivity (Wildman–Crippen MR) is 113 cm³/mol. The van der Waals surface area contributed by atoms with Gasteiger partial charge < -0.3 is 15.7 Å². The van der Waals surface area contributed by atoms with E-state index in [4.69, 9.17) is 16.7 Å². The number of hydrogen-bond donors (Lipinski definition) is 3. The van der Waals surface area contributed by atoms with Gasteiger partial charge in [-0.2, -0.15) is 0 Å². The molecule has 1 atom stereocenters. The smallest absolute Gasteiger partial charge is 0.404 e. The van der Waals surface area contributed by atoms with Crippen LogP contribution in [0, 0.1) is 0 Å². The molecule has 5 nitrogen and oxygen atoms in total. The van der Waals surface area contributed by atoms with Gasteiger partial charge in [0.25, 0.3) is 5.91 Å². The molecule has 2 rings (SSSR count). The second kappa shape index (κ2) is 9.08. The summed E-state index contributed by atoms with van der Waals surface area (Å²) in [6.07, 6.45) is -0.613. The van der Waals surface area contributed by atoms with Gasteiger partial charge in [0.2, 0.25) is 0 Å². The van der Waals surface area contributed by atoms with E-state index in [2.05, 4.69) is 26.6 Å². The highest BCUT2D eigenvalue weighted by atomic mass is 79.9. The number of benzene rings is 1. The third kappa shape index (κ3) is 5.96. The van der Waals surface area contributed by atoms with E-state index in [-0.39, 0.29) is 23.9 Å². The number of carbonyl (C=O) groups is 2. The van der Waals surface area contributed by atoms with Crippen LogP contribution in [0.25, 0.3) is 0 Å². The van der Waals surface area contributed by atoms with E-state index in [1.165, 1.54) is 11.3 Å². The van der Waals surface area contributed by atoms with E-state index in [0.29, 0.717) is 15.6 Å². The minimum Gasteiger partial charge on any atom is -0.465 e. The fourth-order valence-corrected chi connectivity index (χ4v) is 5.27. The Labute approximate surface area is 176 Å². The summed E-state index contributed by atoms with van der Waals surface area (Å²) in [6, 6.07) is 9.23. The Balaban J connectivity index is 2.25. The van der Waals surface area contributed by atoms with E-state index in [1.807, 2.05) is 51.1 Å². The first-order valence-corrected chi connectivity index (χ1v) is 10.4. The summed E-state index contributed by atoms with van der Waals surface area (Å²) >= 11 is 11.0. The maximum Gasteiger partial charge on any atom is 0.404 e. The molecule has 0 spiro atoms. The van der Waals surface area contributed by atoms with Crippen LogP contribution < -0.4 is 10.6 Å². The lowest BCUT2D eigenvalue weighted by atomic mass is 9.87. The average molecular weight is 474 g/mol. The van der Waals surface area contributed by atoms with Gasteiger partial charge >= 0.3 is 6.09 Å². The first-order chi connectivity index (χ1) is 12.6. The summed E-state index contributed by atoms with van der Waals surface area (Å²) in [5.41, 5.74) is 1.58. The van der Waals surface area contributed by atoms with Gasteiger partial charge in [-0.3, -0.25) is 4.79 Å². The molecule has 2 aromatic rings. The molecule has 0 aliphatic carbocycles. The maximum atomic E-state index is 13.0. The molecule has 1 aromatic carbocycles. The van der Waals surface area contributed by atoms with Crippen molar-refractivity contribution < 1.29 is 14.7 Å². The van der Waals surface area contributed by atoms with Crippen LogP contribution in [0.2, 0.25) is 4.34 Å². The molecule has 0 saturated carbocycles. The average Bonchev–Trinajstić information content (AvgIpc) is 2.89. The van der Waals surface area contributed by atoms with Crippen molar-refractivity contribution in [3.63, 3.8) is 0 Å². The SMILES string of the molecule is CC(C)(C)c1c(C(=O)NC(CNC(=O)O)Cc2ccccc2)sc(Cl)c1Br. The molecule has 3 N–H and O–H groups in total. The topological polar surface area (TPSA) is 78.4 Å². The molecular weight excluding hydrogens is 452 g/mol. The summed E-state index contributed by atoms with van der Waals surface area (Å²) in [4.78, 5) is 24.4. The highest BCUT2D eigenvalue weighted by Gasteiger charge is 2.30. The quantitative estimate of drug-likeness (QED) is 0.548. The predicted octanol–water partition coefficient (Wildman–Crippen LogP) is 5.07. The zero-order chi connectivity index (χ0) is 20.2. The lowest BCUT2D eigenvalue weighted by molar-refractivity contribution is 0.0937. The van der Waals surface area contributed by atoms with Crippen molar-refractivity contribution in [3.05, 3.63) is 55.1 Å². The molecule has 0 aliphatic rings. The van der Waals surface area contributed by atoms with Crippen LogP contribution in [0.15, 0.2) is 34.8 Å². The second-order valence-electron chi connectivity index (χ2n) is 7.19. The monoisotopic (exact) mass is 472 g/mol. The molecule has 0 bridgehead atoms. The molecule has 146 valence electrons. The number of thiophene rings is 1. The molecule has 0 radical (unpaired) electrons. The molecular formula is C19H22BrClN2O3S. The number of halogens is 2. The van der Waals surface area contributed by atoms with E-state index in [1.54, 1.807) is 0 Å². The number of carbonyl (C=O) groups excluding carboxylic acids is 1. The van der Waals surface area contributed by atoms with E-state index >= 15 is 0 Å². The third-order valence-corrected chi connectivity index (χ3v) is 6.61. The van der Waals surface area contributed by atoms with Crippen molar-refractivity contribution >= 4 is 50.9 Å². The van der Waals surface area contributed by atoms with E-state index in [9.17, 15) is 9.59 Å². The van der Waals surface area contributed by atoms with Gasteiger partial charge in [0.05, 0.1) is 15.4 Å². The van der Waals surface area contributed by atoms with Crippen LogP contribution in [0.1, 0.15) is 41.6 Å². The molecule has 0 saturated heterocycles. The molecule has 1 heterocycles. The molecule has 1 aromatic heterocycles. The highest BCUT2D eigenvalue weighted by Crippen LogP contribution is 2.43. The third-order valence-electron chi connectivity index (χ3n) is 3.93. The molecule has 1 unspecified atom stereocenters. The molecule has 0 fully saturated rings. The van der Waals surface area contributed by atoms with E-state index < -0.39 is 6.09 Å². The van der Waals surface area contributed by atoms with Gasteiger partial charge in [-0.15, -0.1) is 11.3 Å². The lowest BCUT2D eigenvalue weighted by Crippen LogP contribution is -2.45. The summed E-state index contributed by atoms with van der Waals surface area (Å²) in [5.74, 6) is -0.259. The number of amides is 2. The summed E-state index contributed by atoms with van der Waals surface area (Å²) in [7, 11) is 0. The van der Waals surface area contributed by atoms with Crippen molar-refractivity contribution in [2.24, 2.45) is 0 Å². The number of carboxylic acid groups (broad SMARTS) is 1. The first kappa shape index (κ1) is 21.7. The Bertz CT molecular complexity index is 818. The van der Waals surface area contributed by atoms with Crippen LogP contribution in [0.4, 0.5) is 4.79 Å². The minimum atomic E-state index is -1.13. The minimum absolute atomic E-state index is 0.112. The fraction of sp³-hybridized carbons (Fsp3) is 0.368. The Morgan fingerprint density at radius 3 is 2.44 bits per heavy atom. The molecule has 8 heteroatoms. The van der Waals surface area contributed by atoms with Gasteiger partial charge in [-0.25, -0.2) is 4.79 Å². The zero-order valence-electron chi connectivity index (χ0n) is 15.3. The van der Waals surface area contributed by atoms with Crippen LogP contribution in [-0.2, 0) is 11.8 Å². The van der Waals surface area contributed by atoms with Crippen molar-refractivity contribution in [2.75, 3.05) is 6.54 Å². The van der Waals surface area contributed by atoms with Crippen LogP contribution in [0.5, 0.6) is 0 Å². The Morgan fingerprint density at radius 1 is 1.26 bits per heavy atom. The van der Waals surface area contributed by atoms with Gasteiger partial charge in [0, 0.05) is 6.54 Å². The lowest BCUT2D eigenvalue weighted by Gasteiger charge is -2.22. The Kier molecular flexibility index (Phi) is 7.31.